The average molecular weight is 353 g/mol. The molecule has 0 saturated heterocycles. The zero-order valence-corrected chi connectivity index (χ0v) is 12.4. The van der Waals surface area contributed by atoms with Crippen LogP contribution in [0.4, 0.5) is 5.69 Å². The monoisotopic (exact) mass is 353 g/mol. The molecule has 1 rings (SSSR count). The maximum absolute atomic E-state index is 11.4. The van der Waals surface area contributed by atoms with E-state index in [4.69, 9.17) is 0 Å². The number of hydrogen-bond acceptors (Lipinski definition) is 3. The van der Waals surface area contributed by atoms with Gasteiger partial charge in [0.1, 0.15) is 0 Å². The molecule has 0 aliphatic rings. The van der Waals surface area contributed by atoms with Gasteiger partial charge in [-0.05, 0) is 53.8 Å². The summed E-state index contributed by atoms with van der Waals surface area (Å²) in [6, 6.07) is 7.83. The van der Waals surface area contributed by atoms with Crippen molar-refractivity contribution in [2.45, 2.75) is 19.9 Å². The van der Waals surface area contributed by atoms with Crippen LogP contribution in [-0.4, -0.2) is 26.0 Å². The molecule has 0 aliphatic carbocycles. The van der Waals surface area contributed by atoms with Gasteiger partial charge in [0.25, 0.3) is 0 Å². The van der Waals surface area contributed by atoms with E-state index in [9.17, 15) is 8.42 Å². The number of nitrogens with one attached hydrogen (secondary N) is 1. The summed E-state index contributed by atoms with van der Waals surface area (Å²) in [4.78, 5) is 0. The van der Waals surface area contributed by atoms with Gasteiger partial charge in [-0.2, -0.15) is 0 Å². The van der Waals surface area contributed by atoms with E-state index >= 15 is 0 Å². The fraction of sp³-hybridized carbons (Fsp3) is 0.455. The Morgan fingerprint density at radius 1 is 1.31 bits per heavy atom. The molecule has 0 amide bonds. The summed E-state index contributed by atoms with van der Waals surface area (Å²) in [6.07, 6.45) is 0. The van der Waals surface area contributed by atoms with E-state index in [-0.39, 0.29) is 17.5 Å². The molecule has 16 heavy (non-hydrogen) atoms. The Kier molecular flexibility index (Phi) is 5.04. The zero-order valence-electron chi connectivity index (χ0n) is 9.40. The smallest absolute Gasteiger partial charge is 0.152 e. The van der Waals surface area contributed by atoms with Gasteiger partial charge in [0.2, 0.25) is 0 Å². The number of anilines is 1. The standard InChI is InChI=1S/C11H16INO2S/c1-3-16(14,15)8-9(2)13-11-6-4-10(12)5-7-11/h4-7,9,13H,3,8H2,1-2H3. The number of halogens is 1. The topological polar surface area (TPSA) is 46.2 Å². The largest absolute Gasteiger partial charge is 0.382 e. The van der Waals surface area contributed by atoms with Crippen LogP contribution < -0.4 is 5.32 Å². The summed E-state index contributed by atoms with van der Waals surface area (Å²) in [5.74, 6) is 0.376. The minimum absolute atomic E-state index is 0.0648. The SMILES string of the molecule is CCS(=O)(=O)CC(C)Nc1ccc(I)cc1. The van der Waals surface area contributed by atoms with Gasteiger partial charge in [-0.15, -0.1) is 0 Å². The van der Waals surface area contributed by atoms with Crippen molar-refractivity contribution in [1.82, 2.24) is 0 Å². The van der Waals surface area contributed by atoms with Crippen LogP contribution in [0.25, 0.3) is 0 Å². The maximum atomic E-state index is 11.4. The van der Waals surface area contributed by atoms with Gasteiger partial charge in [0.05, 0.1) is 5.75 Å². The van der Waals surface area contributed by atoms with Crippen molar-refractivity contribution in [2.24, 2.45) is 0 Å². The van der Waals surface area contributed by atoms with Crippen molar-refractivity contribution in [3.05, 3.63) is 27.8 Å². The Labute approximate surface area is 111 Å². The Bertz CT molecular complexity index is 428. The molecule has 0 spiro atoms. The molecule has 1 aromatic carbocycles. The van der Waals surface area contributed by atoms with Crippen LogP contribution in [0.5, 0.6) is 0 Å². The van der Waals surface area contributed by atoms with Crippen LogP contribution in [0.15, 0.2) is 24.3 Å². The first-order chi connectivity index (χ1) is 7.43. The first kappa shape index (κ1) is 13.8. The van der Waals surface area contributed by atoms with Crippen molar-refractivity contribution in [2.75, 3.05) is 16.8 Å². The molecule has 1 N–H and O–H groups in total. The summed E-state index contributed by atoms with van der Waals surface area (Å²) < 4.78 is 24.0. The molecule has 0 heterocycles. The van der Waals surface area contributed by atoms with Crippen molar-refractivity contribution < 1.29 is 8.42 Å². The van der Waals surface area contributed by atoms with Crippen LogP contribution in [-0.2, 0) is 9.84 Å². The third kappa shape index (κ3) is 4.69. The Morgan fingerprint density at radius 3 is 2.38 bits per heavy atom. The Balaban J connectivity index is 2.58. The normalized spacial score (nSPS) is 13.4. The van der Waals surface area contributed by atoms with Crippen LogP contribution >= 0.6 is 22.6 Å². The minimum Gasteiger partial charge on any atom is -0.382 e. The average Bonchev–Trinajstić information content (AvgIpc) is 2.21. The van der Waals surface area contributed by atoms with Crippen LogP contribution in [0, 0.1) is 3.57 Å². The Hall–Kier alpha value is -0.300. The Morgan fingerprint density at radius 2 is 1.88 bits per heavy atom. The third-order valence-electron chi connectivity index (χ3n) is 2.20. The molecule has 0 aliphatic heterocycles. The van der Waals surface area contributed by atoms with E-state index in [1.54, 1.807) is 6.92 Å². The molecule has 0 fully saturated rings. The van der Waals surface area contributed by atoms with Crippen LogP contribution in [0.2, 0.25) is 0 Å². The van der Waals surface area contributed by atoms with Crippen LogP contribution in [0.1, 0.15) is 13.8 Å². The molecule has 0 radical (unpaired) electrons. The van der Waals surface area contributed by atoms with Crippen molar-refractivity contribution in [3.63, 3.8) is 0 Å². The number of hydrogen-bond donors (Lipinski definition) is 1. The molecule has 1 atom stereocenters. The lowest BCUT2D eigenvalue weighted by atomic mass is 10.3. The molecule has 90 valence electrons. The van der Waals surface area contributed by atoms with E-state index in [0.29, 0.717) is 0 Å². The summed E-state index contributed by atoms with van der Waals surface area (Å²) in [5.41, 5.74) is 0.958. The highest BCUT2D eigenvalue weighted by Gasteiger charge is 2.13. The van der Waals surface area contributed by atoms with Crippen molar-refractivity contribution in [1.29, 1.82) is 0 Å². The second kappa shape index (κ2) is 5.86. The minimum atomic E-state index is -2.91. The predicted octanol–water partition coefficient (Wildman–Crippen LogP) is 2.53. The molecule has 1 aromatic rings. The lowest BCUT2D eigenvalue weighted by Crippen LogP contribution is -2.26. The van der Waals surface area contributed by atoms with Gasteiger partial charge >= 0.3 is 0 Å². The first-order valence-corrected chi connectivity index (χ1v) is 8.05. The van der Waals surface area contributed by atoms with E-state index < -0.39 is 9.84 Å². The molecule has 0 bridgehead atoms. The molecular formula is C11H16INO2S. The third-order valence-corrected chi connectivity index (χ3v) is 4.81. The molecule has 0 aromatic heterocycles. The molecular weight excluding hydrogens is 337 g/mol. The molecule has 5 heteroatoms. The highest BCUT2D eigenvalue weighted by Crippen LogP contribution is 2.12. The summed E-state index contributed by atoms with van der Waals surface area (Å²) in [7, 11) is -2.91. The maximum Gasteiger partial charge on any atom is 0.152 e. The van der Waals surface area contributed by atoms with Gasteiger partial charge in [0.15, 0.2) is 9.84 Å². The molecule has 3 nitrogen and oxygen atoms in total. The summed E-state index contributed by atoms with van der Waals surface area (Å²) >= 11 is 2.23. The summed E-state index contributed by atoms with van der Waals surface area (Å²) in [6.45, 7) is 3.55. The lowest BCUT2D eigenvalue weighted by Gasteiger charge is -2.14. The number of sulfone groups is 1. The fourth-order valence-corrected chi connectivity index (χ4v) is 2.81. The number of rotatable bonds is 5. The number of benzene rings is 1. The highest BCUT2D eigenvalue weighted by atomic mass is 127. The van der Waals surface area contributed by atoms with Crippen LogP contribution in [0.3, 0.4) is 0 Å². The van der Waals surface area contributed by atoms with Gasteiger partial charge in [-0.1, -0.05) is 6.92 Å². The lowest BCUT2D eigenvalue weighted by molar-refractivity contribution is 0.593. The molecule has 0 saturated carbocycles. The van der Waals surface area contributed by atoms with E-state index in [2.05, 4.69) is 27.9 Å². The van der Waals surface area contributed by atoms with Crippen molar-refractivity contribution in [3.8, 4) is 0 Å². The van der Waals surface area contributed by atoms with Gasteiger partial charge in [-0.25, -0.2) is 8.42 Å². The quantitative estimate of drug-likeness (QED) is 0.828. The second-order valence-corrected chi connectivity index (χ2v) is 7.39. The van der Waals surface area contributed by atoms with Gasteiger partial charge in [0, 0.05) is 21.1 Å². The second-order valence-electron chi connectivity index (χ2n) is 3.75. The van der Waals surface area contributed by atoms with E-state index in [1.807, 2.05) is 31.2 Å². The molecule has 1 unspecified atom stereocenters. The predicted molar refractivity (Wildman–Crippen MR) is 76.6 cm³/mol. The highest BCUT2D eigenvalue weighted by molar-refractivity contribution is 14.1. The fourth-order valence-electron chi connectivity index (χ4n) is 1.37. The van der Waals surface area contributed by atoms with E-state index in [1.165, 1.54) is 0 Å². The first-order valence-electron chi connectivity index (χ1n) is 5.15. The summed E-state index contributed by atoms with van der Waals surface area (Å²) in [5, 5.41) is 3.18. The van der Waals surface area contributed by atoms with Gasteiger partial charge in [-0.3, -0.25) is 0 Å². The van der Waals surface area contributed by atoms with Gasteiger partial charge < -0.3 is 5.32 Å². The zero-order chi connectivity index (χ0) is 12.2. The van der Waals surface area contributed by atoms with Crippen molar-refractivity contribution >= 4 is 38.1 Å². The van der Waals surface area contributed by atoms with E-state index in [0.717, 1.165) is 9.26 Å².